The monoisotopic (exact) mass is 229 g/mol. The van der Waals surface area contributed by atoms with Crippen molar-refractivity contribution in [1.29, 1.82) is 0 Å². The lowest BCUT2D eigenvalue weighted by molar-refractivity contribution is 0.0361. The molecule has 1 rings (SSSR count). The van der Waals surface area contributed by atoms with E-state index in [1.54, 1.807) is 11.8 Å². The second-order valence-electron chi connectivity index (χ2n) is 5.47. The predicted octanol–water partition coefficient (Wildman–Crippen LogP) is 2.16. The van der Waals surface area contributed by atoms with Crippen LogP contribution in [0.1, 0.15) is 47.5 Å². The van der Waals surface area contributed by atoms with Crippen LogP contribution in [0.4, 0.5) is 4.79 Å². The van der Waals surface area contributed by atoms with Crippen LogP contribution in [0, 0.1) is 0 Å². The number of carbonyl (C=O) groups is 1. The van der Waals surface area contributed by atoms with Crippen LogP contribution in [-0.2, 0) is 4.74 Å². The average Bonchev–Trinajstić information content (AvgIpc) is 2.76. The summed E-state index contributed by atoms with van der Waals surface area (Å²) in [5.74, 6) is 0. The van der Waals surface area contributed by atoms with Crippen molar-refractivity contribution in [3.05, 3.63) is 0 Å². The van der Waals surface area contributed by atoms with Gasteiger partial charge in [-0.15, -0.1) is 0 Å². The Hall–Kier alpha value is -0.770. The summed E-state index contributed by atoms with van der Waals surface area (Å²) >= 11 is 0. The third kappa shape index (κ3) is 3.11. The SMILES string of the molecule is CCC[C@H]1[C@@H]([C@H](C)O)N1C(=O)OC(C)(C)C. The molecule has 0 aromatic rings. The molecule has 0 aromatic carbocycles. The van der Waals surface area contributed by atoms with Gasteiger partial charge in [0.25, 0.3) is 0 Å². The van der Waals surface area contributed by atoms with Gasteiger partial charge >= 0.3 is 6.09 Å². The van der Waals surface area contributed by atoms with E-state index in [0.717, 1.165) is 12.8 Å². The van der Waals surface area contributed by atoms with Gasteiger partial charge in [0.1, 0.15) is 5.60 Å². The molecule has 1 fully saturated rings. The summed E-state index contributed by atoms with van der Waals surface area (Å²) in [7, 11) is 0. The number of hydrogen-bond donors (Lipinski definition) is 1. The minimum atomic E-state index is -0.482. The van der Waals surface area contributed by atoms with Gasteiger partial charge in [0.2, 0.25) is 0 Å². The summed E-state index contributed by atoms with van der Waals surface area (Å²) in [5, 5.41) is 9.56. The number of rotatable bonds is 3. The molecule has 0 aliphatic carbocycles. The van der Waals surface area contributed by atoms with Crippen LogP contribution in [-0.4, -0.2) is 39.9 Å². The Labute approximate surface area is 97.6 Å². The standard InChI is InChI=1S/C12H23NO3/c1-6-7-9-10(8(2)14)13(9)11(15)16-12(3,4)5/h8-10,14H,6-7H2,1-5H3/t8-,9-,10+,13?/m0/s1. The lowest BCUT2D eigenvalue weighted by atomic mass is 10.1. The molecule has 16 heavy (non-hydrogen) atoms. The van der Waals surface area contributed by atoms with E-state index < -0.39 is 11.7 Å². The molecule has 0 bridgehead atoms. The molecule has 0 radical (unpaired) electrons. The second kappa shape index (κ2) is 4.62. The Balaban J connectivity index is 2.56. The fourth-order valence-electron chi connectivity index (χ4n) is 2.03. The van der Waals surface area contributed by atoms with Crippen molar-refractivity contribution in [1.82, 2.24) is 4.90 Å². The van der Waals surface area contributed by atoms with E-state index in [9.17, 15) is 9.90 Å². The van der Waals surface area contributed by atoms with Crippen LogP contribution in [0.2, 0.25) is 0 Å². The van der Waals surface area contributed by atoms with Crippen molar-refractivity contribution in [2.24, 2.45) is 0 Å². The fraction of sp³-hybridized carbons (Fsp3) is 0.917. The number of aliphatic hydroxyl groups excluding tert-OH is 1. The highest BCUT2D eigenvalue weighted by Gasteiger charge is 2.54. The molecule has 4 nitrogen and oxygen atoms in total. The average molecular weight is 229 g/mol. The molecular weight excluding hydrogens is 206 g/mol. The Morgan fingerprint density at radius 3 is 2.44 bits per heavy atom. The summed E-state index contributed by atoms with van der Waals surface area (Å²) in [6, 6.07) is 0.0923. The van der Waals surface area contributed by atoms with Crippen LogP contribution in [0.5, 0.6) is 0 Å². The van der Waals surface area contributed by atoms with Gasteiger partial charge in [-0.05, 0) is 34.1 Å². The molecule has 0 spiro atoms. The quantitative estimate of drug-likeness (QED) is 0.754. The van der Waals surface area contributed by atoms with Crippen LogP contribution in [0.3, 0.4) is 0 Å². The molecule has 1 aliphatic rings. The number of aliphatic hydroxyl groups is 1. The molecule has 3 atom stereocenters. The maximum Gasteiger partial charge on any atom is 0.411 e. The Morgan fingerprint density at radius 1 is 1.50 bits per heavy atom. The molecule has 1 N–H and O–H groups in total. The highest BCUT2D eigenvalue weighted by atomic mass is 16.6. The zero-order valence-electron chi connectivity index (χ0n) is 10.9. The minimum Gasteiger partial charge on any atom is -0.444 e. The van der Waals surface area contributed by atoms with E-state index in [0.29, 0.717) is 0 Å². The number of amides is 1. The first-order chi connectivity index (χ1) is 7.28. The van der Waals surface area contributed by atoms with Crippen LogP contribution in [0.15, 0.2) is 0 Å². The zero-order chi connectivity index (χ0) is 12.5. The highest BCUT2D eigenvalue weighted by Crippen LogP contribution is 2.36. The molecule has 0 unspecified atom stereocenters. The highest BCUT2D eigenvalue weighted by molar-refractivity contribution is 5.72. The lowest BCUT2D eigenvalue weighted by Gasteiger charge is -2.20. The van der Waals surface area contributed by atoms with Gasteiger partial charge in [-0.1, -0.05) is 13.3 Å². The summed E-state index contributed by atoms with van der Waals surface area (Å²) < 4.78 is 5.29. The van der Waals surface area contributed by atoms with Crippen molar-refractivity contribution in [2.75, 3.05) is 0 Å². The van der Waals surface area contributed by atoms with Crippen molar-refractivity contribution in [3.63, 3.8) is 0 Å². The minimum absolute atomic E-state index is 0.0604. The van der Waals surface area contributed by atoms with E-state index in [-0.39, 0.29) is 18.2 Å². The molecule has 1 saturated heterocycles. The van der Waals surface area contributed by atoms with E-state index in [4.69, 9.17) is 4.74 Å². The summed E-state index contributed by atoms with van der Waals surface area (Å²) in [6.07, 6.45) is 1.14. The maximum absolute atomic E-state index is 11.8. The molecule has 1 amide bonds. The van der Waals surface area contributed by atoms with Crippen molar-refractivity contribution < 1.29 is 14.6 Å². The Bertz CT molecular complexity index is 257. The van der Waals surface area contributed by atoms with Gasteiger partial charge in [0.15, 0.2) is 0 Å². The van der Waals surface area contributed by atoms with Gasteiger partial charge in [0.05, 0.1) is 18.2 Å². The van der Waals surface area contributed by atoms with Crippen LogP contribution >= 0.6 is 0 Å². The van der Waals surface area contributed by atoms with Crippen molar-refractivity contribution >= 4 is 6.09 Å². The number of nitrogens with zero attached hydrogens (tertiary/aromatic N) is 1. The molecule has 4 heteroatoms. The van der Waals surface area contributed by atoms with E-state index in [2.05, 4.69) is 6.92 Å². The van der Waals surface area contributed by atoms with Crippen LogP contribution in [0.25, 0.3) is 0 Å². The van der Waals surface area contributed by atoms with Crippen molar-refractivity contribution in [2.45, 2.75) is 71.2 Å². The first-order valence-electron chi connectivity index (χ1n) is 5.97. The number of hydrogen-bond acceptors (Lipinski definition) is 3. The summed E-state index contributed by atoms with van der Waals surface area (Å²) in [4.78, 5) is 13.5. The van der Waals surface area contributed by atoms with Crippen LogP contribution < -0.4 is 0 Å². The lowest BCUT2D eigenvalue weighted by Crippen LogP contribution is -2.29. The molecule has 0 saturated carbocycles. The maximum atomic E-state index is 11.8. The normalized spacial score (nSPS) is 26.5. The van der Waals surface area contributed by atoms with Gasteiger partial charge in [0, 0.05) is 0 Å². The molecular formula is C12H23NO3. The largest absolute Gasteiger partial charge is 0.444 e. The van der Waals surface area contributed by atoms with Gasteiger partial charge in [-0.25, -0.2) is 4.79 Å². The van der Waals surface area contributed by atoms with E-state index >= 15 is 0 Å². The number of carbonyl (C=O) groups excluding carboxylic acids is 1. The van der Waals surface area contributed by atoms with E-state index in [1.807, 2.05) is 20.8 Å². The number of ether oxygens (including phenoxy) is 1. The Morgan fingerprint density at radius 2 is 2.06 bits per heavy atom. The molecule has 0 aromatic heterocycles. The third-order valence-corrected chi connectivity index (χ3v) is 2.67. The smallest absolute Gasteiger partial charge is 0.411 e. The van der Waals surface area contributed by atoms with Gasteiger partial charge in [-0.3, -0.25) is 4.90 Å². The Kier molecular flexibility index (Phi) is 3.84. The topological polar surface area (TPSA) is 49.5 Å². The molecule has 1 heterocycles. The first kappa shape index (κ1) is 13.3. The molecule has 94 valence electrons. The second-order valence-corrected chi connectivity index (χ2v) is 5.47. The zero-order valence-corrected chi connectivity index (χ0v) is 10.9. The first-order valence-corrected chi connectivity index (χ1v) is 5.97. The summed E-state index contributed by atoms with van der Waals surface area (Å²) in [5.41, 5.74) is -0.473. The van der Waals surface area contributed by atoms with Gasteiger partial charge in [-0.2, -0.15) is 0 Å². The van der Waals surface area contributed by atoms with E-state index in [1.165, 1.54) is 0 Å². The summed E-state index contributed by atoms with van der Waals surface area (Å²) in [6.45, 7) is 9.34. The van der Waals surface area contributed by atoms with Gasteiger partial charge < -0.3 is 9.84 Å². The third-order valence-electron chi connectivity index (χ3n) is 2.67. The van der Waals surface area contributed by atoms with Crippen molar-refractivity contribution in [3.8, 4) is 0 Å². The fourth-order valence-corrected chi connectivity index (χ4v) is 2.03. The molecule has 1 aliphatic heterocycles. The predicted molar refractivity (Wildman–Crippen MR) is 62.2 cm³/mol.